The smallest absolute Gasteiger partial charge is 0.136 e. The van der Waals surface area contributed by atoms with Gasteiger partial charge in [0.15, 0.2) is 0 Å². The van der Waals surface area contributed by atoms with Gasteiger partial charge in [-0.25, -0.2) is 4.98 Å². The topological polar surface area (TPSA) is 50.9 Å². The van der Waals surface area contributed by atoms with Crippen molar-refractivity contribution in [2.24, 2.45) is 5.73 Å². The first-order chi connectivity index (χ1) is 10.2. The van der Waals surface area contributed by atoms with E-state index in [9.17, 15) is 0 Å². The first-order valence-electron chi connectivity index (χ1n) is 7.31. The minimum atomic E-state index is 0.417. The maximum absolute atomic E-state index is 5.86. The van der Waals surface area contributed by atoms with Gasteiger partial charge in [-0.3, -0.25) is 0 Å². The van der Waals surface area contributed by atoms with E-state index in [0.717, 1.165) is 37.2 Å². The lowest BCUT2D eigenvalue weighted by molar-refractivity contribution is 0.899. The second-order valence-electron chi connectivity index (χ2n) is 5.28. The standard InChI is InChI=1S/C16H19N3S2/c1-2-11-6-7-12(21-11)9-18-16-13(15(17)20)8-10-4-3-5-14(10)19-16/h6-8H,2-5,9H2,1H3,(H2,17,20)(H,18,19). The second kappa shape index (κ2) is 6.12. The van der Waals surface area contributed by atoms with Crippen LogP contribution < -0.4 is 11.1 Å². The van der Waals surface area contributed by atoms with Gasteiger partial charge in [0, 0.05) is 15.4 Å². The van der Waals surface area contributed by atoms with Crippen LogP contribution in [0.4, 0.5) is 5.82 Å². The first kappa shape index (κ1) is 14.5. The molecule has 0 amide bonds. The highest BCUT2D eigenvalue weighted by Crippen LogP contribution is 2.26. The molecule has 0 radical (unpaired) electrons. The monoisotopic (exact) mass is 317 g/mol. The van der Waals surface area contributed by atoms with Crippen molar-refractivity contribution < 1.29 is 0 Å². The van der Waals surface area contributed by atoms with Crippen molar-refractivity contribution in [3.05, 3.63) is 44.8 Å². The Balaban J connectivity index is 1.82. The summed E-state index contributed by atoms with van der Waals surface area (Å²) in [6, 6.07) is 6.47. The molecule has 0 bridgehead atoms. The summed E-state index contributed by atoms with van der Waals surface area (Å²) in [6.07, 6.45) is 4.40. The Hall–Kier alpha value is -1.46. The molecule has 3 rings (SSSR count). The second-order valence-corrected chi connectivity index (χ2v) is 6.98. The third-order valence-corrected chi connectivity index (χ3v) is 5.26. The third kappa shape index (κ3) is 3.09. The number of anilines is 1. The van der Waals surface area contributed by atoms with Gasteiger partial charge in [0.25, 0.3) is 0 Å². The molecule has 2 heterocycles. The van der Waals surface area contributed by atoms with Crippen LogP contribution in [0.15, 0.2) is 18.2 Å². The Bertz CT molecular complexity index is 676. The van der Waals surface area contributed by atoms with Gasteiger partial charge in [0.2, 0.25) is 0 Å². The summed E-state index contributed by atoms with van der Waals surface area (Å²) in [5, 5.41) is 3.41. The lowest BCUT2D eigenvalue weighted by atomic mass is 10.1. The van der Waals surface area contributed by atoms with Gasteiger partial charge >= 0.3 is 0 Å². The minimum absolute atomic E-state index is 0.417. The van der Waals surface area contributed by atoms with Crippen molar-refractivity contribution in [3.8, 4) is 0 Å². The van der Waals surface area contributed by atoms with Crippen molar-refractivity contribution in [2.45, 2.75) is 39.2 Å². The first-order valence-corrected chi connectivity index (χ1v) is 8.54. The van der Waals surface area contributed by atoms with Crippen molar-refractivity contribution in [3.63, 3.8) is 0 Å². The molecule has 2 aromatic heterocycles. The highest BCUT2D eigenvalue weighted by molar-refractivity contribution is 7.80. The number of nitrogens with one attached hydrogen (secondary N) is 1. The van der Waals surface area contributed by atoms with Crippen LogP contribution in [-0.2, 0) is 25.8 Å². The van der Waals surface area contributed by atoms with Crippen LogP contribution in [-0.4, -0.2) is 9.97 Å². The summed E-state index contributed by atoms with van der Waals surface area (Å²) in [5.74, 6) is 0.828. The van der Waals surface area contributed by atoms with Gasteiger partial charge in [0.1, 0.15) is 10.8 Å². The van der Waals surface area contributed by atoms with E-state index in [0.29, 0.717) is 4.99 Å². The molecule has 21 heavy (non-hydrogen) atoms. The summed E-state index contributed by atoms with van der Waals surface area (Å²) < 4.78 is 0. The summed E-state index contributed by atoms with van der Waals surface area (Å²) >= 11 is 7.01. The quantitative estimate of drug-likeness (QED) is 0.830. The van der Waals surface area contributed by atoms with Crippen LogP contribution in [0.25, 0.3) is 0 Å². The highest BCUT2D eigenvalue weighted by atomic mass is 32.1. The van der Waals surface area contributed by atoms with Crippen LogP contribution in [0.3, 0.4) is 0 Å². The van der Waals surface area contributed by atoms with Crippen molar-refractivity contribution in [1.29, 1.82) is 0 Å². The zero-order valence-corrected chi connectivity index (χ0v) is 13.7. The molecule has 0 atom stereocenters. The number of fused-ring (bicyclic) bond motifs is 1. The molecular weight excluding hydrogens is 298 g/mol. The minimum Gasteiger partial charge on any atom is -0.389 e. The summed E-state index contributed by atoms with van der Waals surface area (Å²) in [7, 11) is 0. The third-order valence-electron chi connectivity index (χ3n) is 3.81. The molecule has 1 aliphatic carbocycles. The summed E-state index contributed by atoms with van der Waals surface area (Å²) in [6.45, 7) is 2.95. The summed E-state index contributed by atoms with van der Waals surface area (Å²) in [4.78, 5) is 7.87. The fourth-order valence-corrected chi connectivity index (χ4v) is 3.73. The maximum Gasteiger partial charge on any atom is 0.136 e. The van der Waals surface area contributed by atoms with Gasteiger partial charge in [-0.05, 0) is 49.4 Å². The van der Waals surface area contributed by atoms with E-state index in [-0.39, 0.29) is 0 Å². The molecule has 5 heteroatoms. The molecule has 0 spiro atoms. The zero-order chi connectivity index (χ0) is 14.8. The van der Waals surface area contributed by atoms with E-state index in [1.54, 1.807) is 0 Å². The Morgan fingerprint density at radius 3 is 2.90 bits per heavy atom. The van der Waals surface area contributed by atoms with Gasteiger partial charge in [-0.15, -0.1) is 11.3 Å². The van der Waals surface area contributed by atoms with E-state index < -0.39 is 0 Å². The van der Waals surface area contributed by atoms with Gasteiger partial charge in [0.05, 0.1) is 12.1 Å². The normalized spacial score (nSPS) is 13.2. The molecule has 0 fully saturated rings. The predicted molar refractivity (Wildman–Crippen MR) is 93.2 cm³/mol. The van der Waals surface area contributed by atoms with Gasteiger partial charge < -0.3 is 11.1 Å². The van der Waals surface area contributed by atoms with E-state index in [1.165, 1.54) is 27.4 Å². The Kier molecular flexibility index (Phi) is 4.22. The Morgan fingerprint density at radius 1 is 1.38 bits per heavy atom. The van der Waals surface area contributed by atoms with Crippen molar-refractivity contribution in [2.75, 3.05) is 5.32 Å². The zero-order valence-electron chi connectivity index (χ0n) is 12.1. The van der Waals surface area contributed by atoms with Crippen LogP contribution in [0.1, 0.15) is 39.9 Å². The highest BCUT2D eigenvalue weighted by Gasteiger charge is 2.17. The van der Waals surface area contributed by atoms with E-state index in [2.05, 4.69) is 30.4 Å². The van der Waals surface area contributed by atoms with Gasteiger partial charge in [-0.2, -0.15) is 0 Å². The Morgan fingerprint density at radius 2 is 2.19 bits per heavy atom. The number of nitrogens with two attached hydrogens (primary N) is 1. The Labute approximate surface area is 134 Å². The molecule has 2 aromatic rings. The molecule has 1 aliphatic rings. The number of thiocarbonyl (C=S) groups is 1. The number of thiophene rings is 1. The SMILES string of the molecule is CCc1ccc(CNc2nc3c(cc2C(N)=S)CCC3)s1. The van der Waals surface area contributed by atoms with Crippen LogP contribution in [0.5, 0.6) is 0 Å². The molecule has 0 saturated carbocycles. The van der Waals surface area contributed by atoms with E-state index in [4.69, 9.17) is 22.9 Å². The van der Waals surface area contributed by atoms with Crippen molar-refractivity contribution >= 4 is 34.4 Å². The number of aryl methyl sites for hydroxylation is 3. The molecule has 110 valence electrons. The van der Waals surface area contributed by atoms with E-state index in [1.807, 2.05) is 11.3 Å². The van der Waals surface area contributed by atoms with Crippen LogP contribution in [0.2, 0.25) is 0 Å². The largest absolute Gasteiger partial charge is 0.389 e. The number of hydrogen-bond acceptors (Lipinski definition) is 4. The molecule has 0 saturated heterocycles. The fourth-order valence-electron chi connectivity index (χ4n) is 2.67. The number of pyridine rings is 1. The number of nitrogens with zero attached hydrogens (tertiary/aromatic N) is 1. The molecule has 0 unspecified atom stereocenters. The average molecular weight is 317 g/mol. The number of aromatic nitrogens is 1. The lowest BCUT2D eigenvalue weighted by Crippen LogP contribution is -2.15. The predicted octanol–water partition coefficient (Wildman–Crippen LogP) is 3.44. The van der Waals surface area contributed by atoms with E-state index >= 15 is 0 Å². The lowest BCUT2D eigenvalue weighted by Gasteiger charge is -2.12. The fraction of sp³-hybridized carbons (Fsp3) is 0.375. The molecule has 3 N–H and O–H groups in total. The van der Waals surface area contributed by atoms with Crippen LogP contribution >= 0.6 is 23.6 Å². The molecule has 3 nitrogen and oxygen atoms in total. The molecule has 0 aliphatic heterocycles. The maximum atomic E-state index is 5.86. The van der Waals surface area contributed by atoms with Crippen molar-refractivity contribution in [1.82, 2.24) is 4.98 Å². The summed E-state index contributed by atoms with van der Waals surface area (Å²) in [5.41, 5.74) is 9.22. The molecule has 0 aromatic carbocycles. The van der Waals surface area contributed by atoms with Gasteiger partial charge in [-0.1, -0.05) is 19.1 Å². The van der Waals surface area contributed by atoms with Crippen LogP contribution in [0, 0.1) is 0 Å². The number of hydrogen-bond donors (Lipinski definition) is 2. The molecular formula is C16H19N3S2. The average Bonchev–Trinajstić information content (AvgIpc) is 3.12. The number of rotatable bonds is 5.